The van der Waals surface area contributed by atoms with Crippen molar-refractivity contribution in [3.05, 3.63) is 83.4 Å². The van der Waals surface area contributed by atoms with E-state index in [4.69, 9.17) is 0 Å². The molecule has 2 aliphatic rings. The average molecular weight is 300 g/mol. The molecule has 112 valence electrons. The molecule has 0 unspecified atom stereocenters. The molecular weight excluding hydrogens is 284 g/mol. The molecule has 0 spiro atoms. The molecule has 0 aliphatic carbocycles. The van der Waals surface area contributed by atoms with Gasteiger partial charge in [-0.15, -0.1) is 0 Å². The minimum atomic E-state index is -1.13. The van der Waals surface area contributed by atoms with Gasteiger partial charge >= 0.3 is 0 Å². The third-order valence-corrected chi connectivity index (χ3v) is 4.93. The first-order valence-corrected chi connectivity index (χ1v) is 7.92. The van der Waals surface area contributed by atoms with Crippen molar-refractivity contribution in [2.75, 3.05) is 13.1 Å². The smallest absolute Gasteiger partial charge is 0.193 e. The Morgan fingerprint density at radius 3 is 2.61 bits per heavy atom. The standard InChI is InChI=1S/C20H16N2O/c23-20(16-10-9-14-5-1-2-6-15(14)13-16)18-8-4-3-7-17(18)19-21-11-12-22(19)20/h1-10,13,23H,11-12H2/t20-/m0/s1. The quantitative estimate of drug-likeness (QED) is 0.749. The molecule has 0 amide bonds. The van der Waals surface area contributed by atoms with Crippen LogP contribution in [0.2, 0.25) is 0 Å². The highest BCUT2D eigenvalue weighted by molar-refractivity contribution is 6.05. The predicted molar refractivity (Wildman–Crippen MR) is 91.5 cm³/mol. The van der Waals surface area contributed by atoms with Crippen molar-refractivity contribution >= 4 is 16.6 Å². The van der Waals surface area contributed by atoms with Crippen LogP contribution < -0.4 is 0 Å². The number of benzene rings is 3. The van der Waals surface area contributed by atoms with E-state index in [2.05, 4.69) is 29.3 Å². The van der Waals surface area contributed by atoms with E-state index < -0.39 is 5.72 Å². The van der Waals surface area contributed by atoms with Crippen molar-refractivity contribution in [1.29, 1.82) is 0 Å². The third kappa shape index (κ3) is 1.60. The van der Waals surface area contributed by atoms with Gasteiger partial charge in [0.05, 0.1) is 6.54 Å². The zero-order valence-corrected chi connectivity index (χ0v) is 12.6. The minimum absolute atomic E-state index is 0.736. The molecule has 0 aromatic heterocycles. The van der Waals surface area contributed by atoms with Crippen molar-refractivity contribution in [1.82, 2.24) is 4.90 Å². The van der Waals surface area contributed by atoms with Crippen LogP contribution in [0, 0.1) is 0 Å². The fourth-order valence-electron chi connectivity index (χ4n) is 3.84. The number of aliphatic imine (C=N–C) groups is 1. The van der Waals surface area contributed by atoms with Gasteiger partial charge in [0.15, 0.2) is 5.72 Å². The second kappa shape index (κ2) is 4.43. The number of amidine groups is 1. The molecule has 0 saturated heterocycles. The van der Waals surface area contributed by atoms with Gasteiger partial charge in [0, 0.05) is 23.2 Å². The molecule has 5 rings (SSSR count). The van der Waals surface area contributed by atoms with Gasteiger partial charge < -0.3 is 10.0 Å². The first kappa shape index (κ1) is 12.9. The summed E-state index contributed by atoms with van der Waals surface area (Å²) in [6.07, 6.45) is 0. The van der Waals surface area contributed by atoms with Crippen molar-refractivity contribution in [3.63, 3.8) is 0 Å². The largest absolute Gasteiger partial charge is 0.363 e. The maximum atomic E-state index is 11.7. The molecular formula is C20H16N2O. The van der Waals surface area contributed by atoms with Gasteiger partial charge in [-0.1, -0.05) is 60.7 Å². The van der Waals surface area contributed by atoms with Gasteiger partial charge in [0.25, 0.3) is 0 Å². The average Bonchev–Trinajstić information content (AvgIpc) is 3.18. The van der Waals surface area contributed by atoms with Crippen LogP contribution in [0.3, 0.4) is 0 Å². The van der Waals surface area contributed by atoms with E-state index >= 15 is 0 Å². The Bertz CT molecular complexity index is 963. The number of nitrogens with zero attached hydrogens (tertiary/aromatic N) is 2. The molecule has 0 saturated carbocycles. The van der Waals surface area contributed by atoms with Gasteiger partial charge in [-0.2, -0.15) is 0 Å². The third-order valence-electron chi connectivity index (χ3n) is 4.93. The predicted octanol–water partition coefficient (Wildman–Crippen LogP) is 3.11. The van der Waals surface area contributed by atoms with Crippen molar-refractivity contribution in [3.8, 4) is 0 Å². The maximum absolute atomic E-state index is 11.7. The van der Waals surface area contributed by atoms with E-state index in [-0.39, 0.29) is 0 Å². The molecule has 1 atom stereocenters. The lowest BCUT2D eigenvalue weighted by molar-refractivity contribution is -0.0241. The first-order valence-electron chi connectivity index (χ1n) is 7.92. The van der Waals surface area contributed by atoms with Crippen LogP contribution in [0.5, 0.6) is 0 Å². The summed E-state index contributed by atoms with van der Waals surface area (Å²) in [4.78, 5) is 6.63. The molecule has 0 bridgehead atoms. The summed E-state index contributed by atoms with van der Waals surface area (Å²) in [7, 11) is 0. The Hall–Kier alpha value is -2.65. The lowest BCUT2D eigenvalue weighted by Gasteiger charge is -2.34. The lowest BCUT2D eigenvalue weighted by atomic mass is 9.92. The van der Waals surface area contributed by atoms with Gasteiger partial charge in [0.2, 0.25) is 0 Å². The molecule has 1 N–H and O–H groups in total. The van der Waals surface area contributed by atoms with Gasteiger partial charge in [-0.3, -0.25) is 4.99 Å². The van der Waals surface area contributed by atoms with E-state index in [1.807, 2.05) is 47.4 Å². The molecule has 23 heavy (non-hydrogen) atoms. The Kier molecular flexibility index (Phi) is 2.48. The molecule has 3 heteroatoms. The summed E-state index contributed by atoms with van der Waals surface area (Å²) in [5.41, 5.74) is 1.74. The molecule has 0 radical (unpaired) electrons. The van der Waals surface area contributed by atoms with Crippen LogP contribution in [0.25, 0.3) is 10.8 Å². The highest BCUT2D eigenvalue weighted by atomic mass is 16.3. The van der Waals surface area contributed by atoms with Crippen LogP contribution in [0.1, 0.15) is 16.7 Å². The number of rotatable bonds is 1. The van der Waals surface area contributed by atoms with E-state index in [0.29, 0.717) is 0 Å². The Morgan fingerprint density at radius 2 is 1.70 bits per heavy atom. The monoisotopic (exact) mass is 300 g/mol. The van der Waals surface area contributed by atoms with Gasteiger partial charge in [0.1, 0.15) is 5.84 Å². The second-order valence-electron chi connectivity index (χ2n) is 6.14. The minimum Gasteiger partial charge on any atom is -0.363 e. The van der Waals surface area contributed by atoms with Crippen LogP contribution >= 0.6 is 0 Å². The van der Waals surface area contributed by atoms with Crippen molar-refractivity contribution < 1.29 is 5.11 Å². The molecule has 3 nitrogen and oxygen atoms in total. The lowest BCUT2D eigenvalue weighted by Crippen LogP contribution is -2.43. The Labute approximate surface area is 134 Å². The summed E-state index contributed by atoms with van der Waals surface area (Å²) in [6.45, 7) is 1.48. The van der Waals surface area contributed by atoms with E-state index in [0.717, 1.165) is 41.0 Å². The zero-order valence-electron chi connectivity index (χ0n) is 12.6. The molecule has 0 fully saturated rings. The van der Waals surface area contributed by atoms with Crippen molar-refractivity contribution in [2.45, 2.75) is 5.72 Å². The molecule has 3 aromatic rings. The summed E-state index contributed by atoms with van der Waals surface area (Å²) < 4.78 is 0. The topological polar surface area (TPSA) is 35.8 Å². The maximum Gasteiger partial charge on any atom is 0.193 e. The molecule has 2 heterocycles. The summed E-state index contributed by atoms with van der Waals surface area (Å²) in [5.74, 6) is 0.913. The summed E-state index contributed by atoms with van der Waals surface area (Å²) in [6, 6.07) is 22.5. The van der Waals surface area contributed by atoms with E-state index in [1.54, 1.807) is 0 Å². The highest BCUT2D eigenvalue weighted by Gasteiger charge is 2.49. The Morgan fingerprint density at radius 1 is 0.913 bits per heavy atom. The molecule has 3 aromatic carbocycles. The fraction of sp³-hybridized carbons (Fsp3) is 0.150. The van der Waals surface area contributed by atoms with E-state index in [1.165, 1.54) is 5.39 Å². The summed E-state index contributed by atoms with van der Waals surface area (Å²) >= 11 is 0. The summed E-state index contributed by atoms with van der Waals surface area (Å²) in [5, 5.41) is 14.0. The normalized spacial score (nSPS) is 22.1. The highest BCUT2D eigenvalue weighted by Crippen LogP contribution is 2.44. The van der Waals surface area contributed by atoms with Crippen LogP contribution in [0.4, 0.5) is 0 Å². The fourth-order valence-corrected chi connectivity index (χ4v) is 3.84. The number of hydrogen-bond acceptors (Lipinski definition) is 3. The first-order chi connectivity index (χ1) is 11.3. The Balaban J connectivity index is 1.78. The zero-order chi connectivity index (χ0) is 15.4. The van der Waals surface area contributed by atoms with Gasteiger partial charge in [-0.25, -0.2) is 0 Å². The number of fused-ring (bicyclic) bond motifs is 4. The number of aliphatic hydroxyl groups is 1. The SMILES string of the molecule is O[C@@]1(c2ccc3ccccc3c2)c2ccccc2C2=NCCN21. The number of hydrogen-bond donors (Lipinski definition) is 1. The van der Waals surface area contributed by atoms with Crippen LogP contribution in [-0.2, 0) is 5.72 Å². The van der Waals surface area contributed by atoms with Crippen molar-refractivity contribution in [2.24, 2.45) is 4.99 Å². The second-order valence-corrected chi connectivity index (χ2v) is 6.14. The molecule has 2 aliphatic heterocycles. The van der Waals surface area contributed by atoms with Gasteiger partial charge in [-0.05, 0) is 16.8 Å². The van der Waals surface area contributed by atoms with Crippen LogP contribution in [-0.4, -0.2) is 28.9 Å². The van der Waals surface area contributed by atoms with E-state index in [9.17, 15) is 5.11 Å². The van der Waals surface area contributed by atoms with Crippen LogP contribution in [0.15, 0.2) is 71.7 Å².